The second-order valence-corrected chi connectivity index (χ2v) is 0.540. The van der Waals surface area contributed by atoms with Crippen molar-refractivity contribution in [2.24, 2.45) is 0 Å². The monoisotopic (exact) mass is 143 g/mol. The van der Waals surface area contributed by atoms with Gasteiger partial charge in [0, 0.05) is 6.61 Å². The van der Waals surface area contributed by atoms with Crippen LogP contribution in [0.1, 0.15) is 6.92 Å². The Morgan fingerprint density at radius 3 is 1.56 bits per heavy atom. The van der Waals surface area contributed by atoms with E-state index < -0.39 is 5.09 Å². The molecule has 0 aromatic carbocycles. The maximum Gasteiger partial charge on any atom is 0.0689 e. The molecule has 0 unspecified atom stereocenters. The Hall–Kier alpha value is -0.920. The Balaban J connectivity index is -0.0000000233. The fourth-order valence-corrected chi connectivity index (χ4v) is 0. The second-order valence-electron chi connectivity index (χ2n) is 0.540. The molecule has 0 bridgehead atoms. The molecule has 60 valence electrons. The molecule has 0 amide bonds. The van der Waals surface area contributed by atoms with E-state index in [0.29, 0.717) is 0 Å². The third kappa shape index (κ3) is 216. The maximum atomic E-state index is 8.25. The minimum absolute atomic E-state index is 0. The van der Waals surface area contributed by atoms with Crippen LogP contribution < -0.4 is 12.3 Å². The number of aliphatic hydroxyl groups excluding tert-OH is 1. The first-order chi connectivity index (χ1) is 3.15. The molecule has 0 fully saturated rings. The van der Waals surface area contributed by atoms with Crippen molar-refractivity contribution in [3.05, 3.63) is 15.3 Å². The molecule has 7 heteroatoms. The Labute approximate surface area is 52.6 Å². The zero-order valence-electron chi connectivity index (χ0n) is 5.53. The number of nitrogens with zero attached hydrogens (tertiary/aromatic N) is 1. The van der Waals surface area contributed by atoms with E-state index in [-0.39, 0.29) is 18.9 Å². The van der Waals surface area contributed by atoms with Crippen LogP contribution in [-0.2, 0) is 0 Å². The van der Waals surface area contributed by atoms with Crippen molar-refractivity contribution in [2.75, 3.05) is 6.61 Å². The molecule has 0 rings (SSSR count). The van der Waals surface area contributed by atoms with Gasteiger partial charge in [-0.25, -0.2) is 0 Å². The van der Waals surface area contributed by atoms with Gasteiger partial charge >= 0.3 is 0 Å². The van der Waals surface area contributed by atoms with E-state index in [0.717, 1.165) is 0 Å². The minimum Gasteiger partial charge on any atom is -0.397 e. The standard InChI is InChI=1S/C2H6O.NO3.2H3N/c1-2-3;2-1(3)4;;/h3H,2H2,1H3;;2*1H3/q;-1;;/p+1. The molecule has 0 saturated carbocycles. The van der Waals surface area contributed by atoms with Crippen LogP contribution in [0.3, 0.4) is 0 Å². The van der Waals surface area contributed by atoms with E-state index in [2.05, 4.69) is 0 Å². The first kappa shape index (κ1) is 24.3. The molecule has 0 atom stereocenters. The van der Waals surface area contributed by atoms with E-state index in [1.165, 1.54) is 0 Å². The Bertz CT molecular complexity index is 45.1. The summed E-state index contributed by atoms with van der Waals surface area (Å²) in [4.78, 5) is 8.25. The normalized spacial score (nSPS) is 4.67. The van der Waals surface area contributed by atoms with E-state index in [4.69, 9.17) is 20.4 Å². The van der Waals surface area contributed by atoms with Crippen LogP contribution >= 0.6 is 0 Å². The van der Waals surface area contributed by atoms with Crippen molar-refractivity contribution in [1.29, 1.82) is 0 Å². The van der Waals surface area contributed by atoms with Crippen LogP contribution in [0.5, 0.6) is 0 Å². The van der Waals surface area contributed by atoms with E-state index in [9.17, 15) is 0 Å². The molecular formula is C2H13N3O4. The molecule has 0 aliphatic heterocycles. The Morgan fingerprint density at radius 1 is 1.56 bits per heavy atom. The largest absolute Gasteiger partial charge is 0.397 e. The van der Waals surface area contributed by atoms with Gasteiger partial charge in [0.05, 0.1) is 5.09 Å². The lowest BCUT2D eigenvalue weighted by Crippen LogP contribution is -1.74. The first-order valence-corrected chi connectivity index (χ1v) is 1.57. The van der Waals surface area contributed by atoms with Crippen LogP contribution in [0.4, 0.5) is 0 Å². The molecule has 0 aliphatic rings. The molecule has 0 aromatic rings. The van der Waals surface area contributed by atoms with Gasteiger partial charge in [-0.3, -0.25) is 0 Å². The predicted octanol–water partition coefficient (Wildman–Crippen LogP) is 0.298. The molecule has 0 spiro atoms. The van der Waals surface area contributed by atoms with Crippen LogP contribution in [0.15, 0.2) is 0 Å². The number of rotatable bonds is 0. The molecule has 0 heterocycles. The molecule has 0 radical (unpaired) electrons. The smallest absolute Gasteiger partial charge is 0.0689 e. The highest BCUT2D eigenvalue weighted by atomic mass is 16.9. The highest BCUT2D eigenvalue weighted by Gasteiger charge is 1.45. The summed E-state index contributed by atoms with van der Waals surface area (Å²) in [5.41, 5.74) is 0. The summed E-state index contributed by atoms with van der Waals surface area (Å²) in [6.07, 6.45) is 0. The molecule has 0 aromatic heterocycles. The molecule has 9 heavy (non-hydrogen) atoms. The van der Waals surface area contributed by atoms with Crippen LogP contribution in [0.25, 0.3) is 0 Å². The van der Waals surface area contributed by atoms with Crippen LogP contribution in [0, 0.1) is 15.3 Å². The Kier molecular flexibility index (Phi) is 74.6. The van der Waals surface area contributed by atoms with Crippen molar-refractivity contribution in [3.63, 3.8) is 0 Å². The lowest BCUT2D eigenvalue weighted by molar-refractivity contribution is -0.402. The maximum absolute atomic E-state index is 8.25. The first-order valence-electron chi connectivity index (χ1n) is 1.57. The zero-order valence-corrected chi connectivity index (χ0v) is 5.53. The molecule has 0 aliphatic carbocycles. The van der Waals surface area contributed by atoms with E-state index in [1.807, 2.05) is 0 Å². The Morgan fingerprint density at radius 2 is 1.56 bits per heavy atom. The van der Waals surface area contributed by atoms with Gasteiger partial charge in [0.15, 0.2) is 0 Å². The van der Waals surface area contributed by atoms with Gasteiger partial charge in [0.1, 0.15) is 0 Å². The summed E-state index contributed by atoms with van der Waals surface area (Å²) in [5, 5.41) is 22.3. The number of hydrogen-bond acceptors (Lipinski definition) is 5. The highest BCUT2D eigenvalue weighted by molar-refractivity contribution is 4.03. The van der Waals surface area contributed by atoms with Crippen molar-refractivity contribution in [2.45, 2.75) is 6.92 Å². The average molecular weight is 143 g/mol. The molecular weight excluding hydrogens is 130 g/mol. The summed E-state index contributed by atoms with van der Waals surface area (Å²) in [6, 6.07) is 0. The van der Waals surface area contributed by atoms with E-state index in [1.54, 1.807) is 6.92 Å². The van der Waals surface area contributed by atoms with Gasteiger partial charge in [-0.2, -0.15) is 0 Å². The quantitative estimate of drug-likeness (QED) is 0.328. The average Bonchev–Trinajstić information content (AvgIpc) is 1.33. The third-order valence-corrected chi connectivity index (χ3v) is 0. The van der Waals surface area contributed by atoms with Crippen molar-refractivity contribution in [1.82, 2.24) is 12.3 Å². The second kappa shape index (κ2) is 27.6. The third-order valence-electron chi connectivity index (χ3n) is 0. The van der Waals surface area contributed by atoms with E-state index >= 15 is 0 Å². The van der Waals surface area contributed by atoms with Gasteiger partial charge < -0.3 is 32.7 Å². The highest BCUT2D eigenvalue weighted by Crippen LogP contribution is 1.44. The number of aliphatic hydroxyl groups is 1. The summed E-state index contributed by atoms with van der Waals surface area (Å²) < 4.78 is 0. The summed E-state index contributed by atoms with van der Waals surface area (Å²) in [5.74, 6) is 0. The molecule has 8 N–H and O–H groups in total. The van der Waals surface area contributed by atoms with Gasteiger partial charge in [-0.15, -0.1) is 0 Å². The fourth-order valence-electron chi connectivity index (χ4n) is 0. The van der Waals surface area contributed by atoms with Crippen molar-refractivity contribution in [3.8, 4) is 0 Å². The summed E-state index contributed by atoms with van der Waals surface area (Å²) >= 11 is 0. The van der Waals surface area contributed by atoms with Gasteiger partial charge in [-0.1, -0.05) is 0 Å². The van der Waals surface area contributed by atoms with Crippen LogP contribution in [-0.4, -0.2) is 16.8 Å². The van der Waals surface area contributed by atoms with Gasteiger partial charge in [0.2, 0.25) is 0 Å². The summed E-state index contributed by atoms with van der Waals surface area (Å²) in [6.45, 7) is 1.93. The fraction of sp³-hybridized carbons (Fsp3) is 1.00. The lowest BCUT2D eigenvalue weighted by Gasteiger charge is -1.74. The van der Waals surface area contributed by atoms with Crippen LogP contribution in [0.2, 0.25) is 0 Å². The summed E-state index contributed by atoms with van der Waals surface area (Å²) in [7, 11) is 0. The SMILES string of the molecule is CCO.N.O=[N+]([O-])[O-].[NH4+]. The lowest BCUT2D eigenvalue weighted by atomic mass is 10.9. The van der Waals surface area contributed by atoms with Crippen molar-refractivity contribution >= 4 is 0 Å². The van der Waals surface area contributed by atoms with Crippen molar-refractivity contribution < 1.29 is 10.2 Å². The molecule has 7 nitrogen and oxygen atoms in total. The predicted molar refractivity (Wildman–Crippen MR) is 34.1 cm³/mol. The van der Waals surface area contributed by atoms with Gasteiger partial charge in [-0.05, 0) is 6.92 Å². The number of quaternary nitrogens is 1. The molecule has 0 saturated heterocycles. The van der Waals surface area contributed by atoms with Gasteiger partial charge in [0.25, 0.3) is 0 Å². The number of hydrogen-bond donors (Lipinski definition) is 3. The topological polar surface area (TPSA) is 158 Å². The minimum atomic E-state index is -1.75. The zero-order chi connectivity index (χ0) is 6.28.